The van der Waals surface area contributed by atoms with Crippen LogP contribution in [0, 0.1) is 0 Å². The molecule has 0 aromatic heterocycles. The van der Waals surface area contributed by atoms with Crippen molar-refractivity contribution in [1.29, 1.82) is 0 Å². The summed E-state index contributed by atoms with van der Waals surface area (Å²) in [7, 11) is -3.62. The van der Waals surface area contributed by atoms with Crippen molar-refractivity contribution in [3.63, 3.8) is 0 Å². The molecule has 20 heavy (non-hydrogen) atoms. The molecule has 0 spiro atoms. The third kappa shape index (κ3) is 2.68. The number of benzene rings is 1. The van der Waals surface area contributed by atoms with Gasteiger partial charge < -0.3 is 10.1 Å². The quantitative estimate of drug-likeness (QED) is 0.800. The maximum absolute atomic E-state index is 12.3. The highest BCUT2D eigenvalue weighted by Gasteiger charge is 2.24. The zero-order valence-electron chi connectivity index (χ0n) is 10.8. The smallest absolute Gasteiger partial charge is 0.253 e. The average molecular weight is 297 g/mol. The first-order valence-electron chi connectivity index (χ1n) is 6.32. The Hall–Kier alpha value is -1.48. The number of rotatable bonds is 3. The summed E-state index contributed by atoms with van der Waals surface area (Å²) < 4.78 is 29.7. The second-order valence-electron chi connectivity index (χ2n) is 4.74. The molecule has 2 aliphatic rings. The van der Waals surface area contributed by atoms with Gasteiger partial charge in [-0.05, 0) is 23.8 Å². The number of anilines is 1. The first kappa shape index (κ1) is 13.5. The first-order chi connectivity index (χ1) is 9.54. The van der Waals surface area contributed by atoms with Gasteiger partial charge in [-0.2, -0.15) is 0 Å². The van der Waals surface area contributed by atoms with Crippen molar-refractivity contribution < 1.29 is 17.9 Å². The summed E-state index contributed by atoms with van der Waals surface area (Å²) in [5.41, 5.74) is 1.39. The third-order valence-corrected chi connectivity index (χ3v) is 4.65. The maximum Gasteiger partial charge on any atom is 0.253 e. The van der Waals surface area contributed by atoms with Gasteiger partial charge in [0, 0.05) is 18.8 Å². The summed E-state index contributed by atoms with van der Waals surface area (Å²) in [6, 6.07) is 4.65. The van der Waals surface area contributed by atoms with E-state index in [1.807, 2.05) is 0 Å². The van der Waals surface area contributed by atoms with Crippen molar-refractivity contribution >= 4 is 21.6 Å². The highest BCUT2D eigenvalue weighted by Crippen LogP contribution is 2.25. The van der Waals surface area contributed by atoms with E-state index in [1.165, 1.54) is 12.1 Å². The Kier molecular flexibility index (Phi) is 3.47. The second-order valence-corrected chi connectivity index (χ2v) is 6.40. The summed E-state index contributed by atoms with van der Waals surface area (Å²) in [6.07, 6.45) is 0.218. The molecule has 2 aliphatic heterocycles. The fourth-order valence-corrected chi connectivity index (χ4v) is 3.42. The Morgan fingerprint density at radius 3 is 2.75 bits per heavy atom. The minimum absolute atomic E-state index is 0.115. The van der Waals surface area contributed by atoms with Crippen LogP contribution in [0.15, 0.2) is 23.1 Å². The molecule has 1 saturated heterocycles. The van der Waals surface area contributed by atoms with Crippen LogP contribution in [0.3, 0.4) is 0 Å². The fourth-order valence-electron chi connectivity index (χ4n) is 2.25. The lowest BCUT2D eigenvalue weighted by molar-refractivity contribution is -0.115. The number of amides is 1. The Labute approximate surface area is 116 Å². The number of carbonyl (C=O) groups excluding carboxylic acids is 1. The van der Waals surface area contributed by atoms with Crippen LogP contribution in [0.5, 0.6) is 0 Å². The van der Waals surface area contributed by atoms with Gasteiger partial charge in [-0.1, -0.05) is 0 Å². The van der Waals surface area contributed by atoms with Crippen LogP contribution in [0.25, 0.3) is 0 Å². The molecule has 1 aromatic rings. The van der Waals surface area contributed by atoms with Crippen molar-refractivity contribution in [2.24, 2.45) is 0 Å². The molecule has 2 heterocycles. The summed E-state index contributed by atoms with van der Waals surface area (Å²) in [6.45, 7) is 2.05. The molecule has 7 nitrogen and oxygen atoms in total. The summed E-state index contributed by atoms with van der Waals surface area (Å²) >= 11 is 0. The van der Waals surface area contributed by atoms with Crippen molar-refractivity contribution in [3.05, 3.63) is 23.8 Å². The molecule has 0 bridgehead atoms. The molecule has 0 saturated carbocycles. The van der Waals surface area contributed by atoms with Crippen LogP contribution in [-0.4, -0.2) is 45.6 Å². The molecule has 0 unspecified atom stereocenters. The van der Waals surface area contributed by atoms with Crippen LogP contribution in [0.4, 0.5) is 5.69 Å². The Bertz CT molecular complexity index is 638. The van der Waals surface area contributed by atoms with E-state index < -0.39 is 10.0 Å². The third-order valence-electron chi connectivity index (χ3n) is 3.27. The first-order valence-corrected chi connectivity index (χ1v) is 7.81. The molecule has 8 heteroatoms. The molecular formula is C12H15N3O4S. The fraction of sp³-hybridized carbons (Fsp3) is 0.417. The maximum atomic E-state index is 12.3. The van der Waals surface area contributed by atoms with Gasteiger partial charge in [0.05, 0.1) is 24.5 Å². The normalized spacial score (nSPS) is 19.7. The van der Waals surface area contributed by atoms with E-state index in [9.17, 15) is 13.2 Å². The van der Waals surface area contributed by atoms with Gasteiger partial charge in [-0.25, -0.2) is 13.4 Å². The van der Waals surface area contributed by atoms with E-state index in [-0.39, 0.29) is 17.2 Å². The van der Waals surface area contributed by atoms with Crippen LogP contribution < -0.4 is 10.1 Å². The molecule has 0 atom stereocenters. The van der Waals surface area contributed by atoms with Gasteiger partial charge in [-0.3, -0.25) is 4.79 Å². The second kappa shape index (κ2) is 5.13. The molecule has 0 radical (unpaired) electrons. The SMILES string of the molecule is O=C1Cc2cc(S(=O)(=O)NN3CCOCC3)ccc2N1. The predicted octanol–water partition coefficient (Wildman–Crippen LogP) is -0.293. The Morgan fingerprint density at radius 2 is 2.00 bits per heavy atom. The largest absolute Gasteiger partial charge is 0.379 e. The van der Waals surface area contributed by atoms with Crippen molar-refractivity contribution in [3.8, 4) is 0 Å². The molecule has 108 valence electrons. The van der Waals surface area contributed by atoms with Gasteiger partial charge >= 0.3 is 0 Å². The van der Waals surface area contributed by atoms with E-state index in [2.05, 4.69) is 10.1 Å². The van der Waals surface area contributed by atoms with Gasteiger partial charge in [0.15, 0.2) is 0 Å². The lowest BCUT2D eigenvalue weighted by Crippen LogP contribution is -2.48. The topological polar surface area (TPSA) is 87.7 Å². The van der Waals surface area contributed by atoms with E-state index >= 15 is 0 Å². The van der Waals surface area contributed by atoms with Crippen LogP contribution in [0.1, 0.15) is 5.56 Å². The number of carbonyl (C=O) groups is 1. The van der Waals surface area contributed by atoms with Crippen LogP contribution >= 0.6 is 0 Å². The number of sulfonamides is 1. The molecule has 0 aliphatic carbocycles. The Balaban J connectivity index is 1.81. The number of hydrazine groups is 1. The summed E-state index contributed by atoms with van der Waals surface area (Å²) in [5.74, 6) is -0.115. The lowest BCUT2D eigenvalue weighted by atomic mass is 10.2. The van der Waals surface area contributed by atoms with Gasteiger partial charge in [0.2, 0.25) is 5.91 Å². The van der Waals surface area contributed by atoms with E-state index in [4.69, 9.17) is 4.74 Å². The highest BCUT2D eigenvalue weighted by molar-refractivity contribution is 7.89. The van der Waals surface area contributed by atoms with Gasteiger partial charge in [0.25, 0.3) is 10.0 Å². The van der Waals surface area contributed by atoms with Crippen LogP contribution in [0.2, 0.25) is 0 Å². The number of ether oxygens (including phenoxy) is 1. The predicted molar refractivity (Wildman–Crippen MR) is 71.5 cm³/mol. The number of hydrogen-bond donors (Lipinski definition) is 2. The zero-order valence-corrected chi connectivity index (χ0v) is 11.6. The molecule has 1 amide bonds. The van der Waals surface area contributed by atoms with E-state index in [1.54, 1.807) is 11.1 Å². The number of hydrogen-bond acceptors (Lipinski definition) is 5. The van der Waals surface area contributed by atoms with Crippen molar-refractivity contribution in [2.45, 2.75) is 11.3 Å². The number of morpholine rings is 1. The van der Waals surface area contributed by atoms with E-state index in [0.717, 1.165) is 0 Å². The van der Waals surface area contributed by atoms with Crippen molar-refractivity contribution in [2.75, 3.05) is 31.6 Å². The molecule has 1 fully saturated rings. The standard InChI is InChI=1S/C12H15N3O4S/c16-12-8-9-7-10(1-2-11(9)13-12)20(17,18)14-15-3-5-19-6-4-15/h1-2,7,14H,3-6,8H2,(H,13,16). The van der Waals surface area contributed by atoms with Crippen LogP contribution in [-0.2, 0) is 26.0 Å². The number of nitrogens with zero attached hydrogens (tertiary/aromatic N) is 1. The molecule has 2 N–H and O–H groups in total. The average Bonchev–Trinajstić information content (AvgIpc) is 2.78. The van der Waals surface area contributed by atoms with Crippen molar-refractivity contribution in [1.82, 2.24) is 9.84 Å². The zero-order chi connectivity index (χ0) is 14.2. The van der Waals surface area contributed by atoms with E-state index in [0.29, 0.717) is 37.6 Å². The monoisotopic (exact) mass is 297 g/mol. The minimum Gasteiger partial charge on any atom is -0.379 e. The lowest BCUT2D eigenvalue weighted by Gasteiger charge is -2.26. The molecule has 3 rings (SSSR count). The number of nitrogens with one attached hydrogen (secondary N) is 2. The molecule has 1 aromatic carbocycles. The summed E-state index contributed by atoms with van der Waals surface area (Å²) in [5, 5.41) is 4.30. The van der Waals surface area contributed by atoms with Gasteiger partial charge in [0.1, 0.15) is 0 Å². The summed E-state index contributed by atoms with van der Waals surface area (Å²) in [4.78, 5) is 14.0. The molecular weight excluding hydrogens is 282 g/mol. The van der Waals surface area contributed by atoms with Gasteiger partial charge in [-0.15, -0.1) is 4.83 Å². The Morgan fingerprint density at radius 1 is 1.25 bits per heavy atom. The minimum atomic E-state index is -3.62. The number of fused-ring (bicyclic) bond motifs is 1. The highest BCUT2D eigenvalue weighted by atomic mass is 32.2.